The van der Waals surface area contributed by atoms with E-state index in [9.17, 15) is 4.79 Å². The highest BCUT2D eigenvalue weighted by molar-refractivity contribution is 5.82. The van der Waals surface area contributed by atoms with Crippen LogP contribution < -0.4 is 0 Å². The van der Waals surface area contributed by atoms with E-state index < -0.39 is 5.97 Å². The maximum Gasteiger partial charge on any atom is 0.344 e. The molecule has 23 heavy (non-hydrogen) atoms. The Labute approximate surface area is 136 Å². The number of aliphatic hydroxyl groups is 1. The molecule has 2 rings (SSSR count). The van der Waals surface area contributed by atoms with Crippen LogP contribution in [0.25, 0.3) is 11.4 Å². The molecular formula is C18H20N2O3. The summed E-state index contributed by atoms with van der Waals surface area (Å²) in [7, 11) is 0. The first-order valence-electron chi connectivity index (χ1n) is 6.87. The van der Waals surface area contributed by atoms with Crippen molar-refractivity contribution in [2.24, 2.45) is 0 Å². The molecule has 0 aliphatic carbocycles. The van der Waals surface area contributed by atoms with Crippen molar-refractivity contribution in [1.29, 1.82) is 0 Å². The first-order valence-corrected chi connectivity index (χ1v) is 6.87. The number of ether oxygens (including phenoxy) is 1. The van der Waals surface area contributed by atoms with Crippen LogP contribution in [0, 0.1) is 12.0 Å². The second-order valence-electron chi connectivity index (χ2n) is 3.72. The fourth-order valence-electron chi connectivity index (χ4n) is 1.17. The first kappa shape index (κ1) is 20.0. The fourth-order valence-corrected chi connectivity index (χ4v) is 1.17. The smallest absolute Gasteiger partial charge is 0.344 e. The number of rotatable bonds is 2. The van der Waals surface area contributed by atoms with E-state index in [2.05, 4.69) is 33.3 Å². The van der Waals surface area contributed by atoms with Crippen LogP contribution in [0.4, 0.5) is 0 Å². The van der Waals surface area contributed by atoms with Crippen molar-refractivity contribution in [2.45, 2.75) is 13.8 Å². The fraction of sp³-hybridized carbons (Fsp3) is 0.167. The monoisotopic (exact) mass is 312 g/mol. The molecule has 5 heteroatoms. The quantitative estimate of drug-likeness (QED) is 0.524. The van der Waals surface area contributed by atoms with Gasteiger partial charge in [-0.2, -0.15) is 0 Å². The molecule has 120 valence electrons. The lowest BCUT2D eigenvalue weighted by molar-refractivity contribution is -0.131. The van der Waals surface area contributed by atoms with Crippen LogP contribution in [-0.4, -0.2) is 27.7 Å². The number of hydrogen-bond donors (Lipinski definition) is 1. The van der Waals surface area contributed by atoms with Crippen LogP contribution in [0.5, 0.6) is 0 Å². The standard InChI is InChI=1S/C10H8N2.C6H6O2.C2H6O/c1-3-7-11-9(5-1)10-6-2-4-8-12-10;1-3-5-8-6(7)4-2;1-2-3/h1-8H;4H,2H2,1H3;3H,2H2,1H3. The largest absolute Gasteiger partial charge is 0.397 e. The zero-order valence-electron chi connectivity index (χ0n) is 13.3. The van der Waals surface area contributed by atoms with Gasteiger partial charge < -0.3 is 9.84 Å². The second kappa shape index (κ2) is 14.0. The number of aromatic nitrogens is 2. The molecule has 0 aliphatic rings. The van der Waals surface area contributed by atoms with Crippen LogP contribution >= 0.6 is 0 Å². The Morgan fingerprint density at radius 2 is 1.70 bits per heavy atom. The van der Waals surface area contributed by atoms with E-state index in [4.69, 9.17) is 5.11 Å². The van der Waals surface area contributed by atoms with Gasteiger partial charge in [-0.15, -0.1) is 0 Å². The maximum atomic E-state index is 10.1. The van der Waals surface area contributed by atoms with E-state index in [0.29, 0.717) is 0 Å². The van der Waals surface area contributed by atoms with Crippen LogP contribution in [-0.2, 0) is 9.53 Å². The SMILES string of the molecule is C=CC(=O)OC#CC.CCO.c1ccc(-c2ccccn2)nc1. The minimum atomic E-state index is -0.514. The van der Waals surface area contributed by atoms with Crippen LogP contribution in [0.15, 0.2) is 61.4 Å². The highest BCUT2D eigenvalue weighted by atomic mass is 16.5. The zero-order valence-corrected chi connectivity index (χ0v) is 13.3. The van der Waals surface area contributed by atoms with Gasteiger partial charge >= 0.3 is 5.97 Å². The molecular weight excluding hydrogens is 292 g/mol. The predicted octanol–water partition coefficient (Wildman–Crippen LogP) is 2.84. The average Bonchev–Trinajstić information content (AvgIpc) is 2.62. The summed E-state index contributed by atoms with van der Waals surface area (Å²) >= 11 is 0. The van der Waals surface area contributed by atoms with Crippen molar-refractivity contribution < 1.29 is 14.6 Å². The van der Waals surface area contributed by atoms with Crippen molar-refractivity contribution in [3.05, 3.63) is 61.4 Å². The molecule has 2 aromatic heterocycles. The van der Waals surface area contributed by atoms with Gasteiger partial charge in [0.1, 0.15) is 6.11 Å². The summed E-state index contributed by atoms with van der Waals surface area (Å²) in [5.74, 6) is 1.88. The van der Waals surface area contributed by atoms with E-state index in [0.717, 1.165) is 17.5 Å². The van der Waals surface area contributed by atoms with Crippen molar-refractivity contribution in [3.63, 3.8) is 0 Å². The molecule has 0 saturated carbocycles. The van der Waals surface area contributed by atoms with Gasteiger partial charge in [0.2, 0.25) is 0 Å². The molecule has 0 atom stereocenters. The van der Waals surface area contributed by atoms with Crippen molar-refractivity contribution in [1.82, 2.24) is 9.97 Å². The molecule has 0 unspecified atom stereocenters. The summed E-state index contributed by atoms with van der Waals surface area (Å²) in [5.41, 5.74) is 1.83. The highest BCUT2D eigenvalue weighted by Crippen LogP contribution is 2.10. The molecule has 0 spiro atoms. The van der Waals surface area contributed by atoms with Gasteiger partial charge in [0.25, 0.3) is 0 Å². The molecule has 2 aromatic rings. The predicted molar refractivity (Wildman–Crippen MR) is 90.0 cm³/mol. The molecule has 0 radical (unpaired) electrons. The Kier molecular flexibility index (Phi) is 12.2. The summed E-state index contributed by atoms with van der Waals surface area (Å²) < 4.78 is 4.22. The van der Waals surface area contributed by atoms with E-state index in [1.807, 2.05) is 36.4 Å². The lowest BCUT2D eigenvalue weighted by Gasteiger charge is -1.96. The molecule has 0 aliphatic heterocycles. The lowest BCUT2D eigenvalue weighted by atomic mass is 10.2. The first-order chi connectivity index (χ1) is 11.2. The maximum absolute atomic E-state index is 10.1. The minimum Gasteiger partial charge on any atom is -0.397 e. The van der Waals surface area contributed by atoms with Gasteiger partial charge in [0.05, 0.1) is 11.4 Å². The number of nitrogens with zero attached hydrogens (tertiary/aromatic N) is 2. The zero-order chi connectivity index (χ0) is 17.3. The minimum absolute atomic E-state index is 0.250. The number of carbonyl (C=O) groups is 1. The molecule has 0 bridgehead atoms. The Hall–Kier alpha value is -2.97. The average molecular weight is 312 g/mol. The van der Waals surface area contributed by atoms with Gasteiger partial charge in [-0.1, -0.05) is 24.6 Å². The topological polar surface area (TPSA) is 72.3 Å². The van der Waals surface area contributed by atoms with E-state index in [1.165, 1.54) is 0 Å². The summed E-state index contributed by atoms with van der Waals surface area (Å²) in [4.78, 5) is 18.5. The van der Waals surface area contributed by atoms with Crippen LogP contribution in [0.1, 0.15) is 13.8 Å². The number of aliphatic hydroxyl groups excluding tert-OH is 1. The third-order valence-electron chi connectivity index (χ3n) is 2.01. The Morgan fingerprint density at radius 1 is 1.22 bits per heavy atom. The number of esters is 1. The normalized spacial score (nSPS) is 7.96. The van der Waals surface area contributed by atoms with Gasteiger partial charge in [0.15, 0.2) is 0 Å². The number of pyridine rings is 2. The van der Waals surface area contributed by atoms with Gasteiger partial charge in [-0.05, 0) is 31.2 Å². The lowest BCUT2D eigenvalue weighted by Crippen LogP contribution is -1.91. The van der Waals surface area contributed by atoms with E-state index >= 15 is 0 Å². The third kappa shape index (κ3) is 10.4. The summed E-state index contributed by atoms with van der Waals surface area (Å²) in [6, 6.07) is 11.6. The Balaban J connectivity index is 0.000000385. The Bertz CT molecular complexity index is 579. The Morgan fingerprint density at radius 3 is 2.00 bits per heavy atom. The molecule has 0 saturated heterocycles. The second-order valence-corrected chi connectivity index (χ2v) is 3.72. The van der Waals surface area contributed by atoms with Crippen molar-refractivity contribution >= 4 is 5.97 Å². The number of carbonyl (C=O) groups excluding carboxylic acids is 1. The summed E-state index contributed by atoms with van der Waals surface area (Å²) in [5, 5.41) is 7.57. The molecule has 5 nitrogen and oxygen atoms in total. The van der Waals surface area contributed by atoms with Gasteiger partial charge in [0, 0.05) is 32.0 Å². The highest BCUT2D eigenvalue weighted by Gasteiger charge is 1.95. The van der Waals surface area contributed by atoms with Crippen molar-refractivity contribution in [3.8, 4) is 23.4 Å². The van der Waals surface area contributed by atoms with Crippen molar-refractivity contribution in [2.75, 3.05) is 6.61 Å². The molecule has 0 amide bonds. The summed E-state index contributed by atoms with van der Waals surface area (Å²) in [6.07, 6.45) is 6.72. The van der Waals surface area contributed by atoms with E-state index in [1.54, 1.807) is 26.2 Å². The molecule has 0 aromatic carbocycles. The van der Waals surface area contributed by atoms with Gasteiger partial charge in [-0.3, -0.25) is 9.97 Å². The van der Waals surface area contributed by atoms with E-state index in [-0.39, 0.29) is 6.61 Å². The molecule has 0 fully saturated rings. The molecule has 2 heterocycles. The van der Waals surface area contributed by atoms with Crippen LogP contribution in [0.2, 0.25) is 0 Å². The van der Waals surface area contributed by atoms with Gasteiger partial charge in [-0.25, -0.2) is 4.79 Å². The molecule has 1 N–H and O–H groups in total. The summed E-state index contributed by atoms with van der Waals surface area (Å²) in [6.45, 7) is 6.68. The van der Waals surface area contributed by atoms with Crippen LogP contribution in [0.3, 0.4) is 0 Å². The number of hydrogen-bond acceptors (Lipinski definition) is 5. The third-order valence-corrected chi connectivity index (χ3v) is 2.01.